The Morgan fingerprint density at radius 3 is 2.44 bits per heavy atom. The first-order chi connectivity index (χ1) is 13.0. The van der Waals surface area contributed by atoms with Gasteiger partial charge in [0.1, 0.15) is 11.8 Å². The monoisotopic (exact) mass is 368 g/mol. The zero-order valence-corrected chi connectivity index (χ0v) is 15.4. The van der Waals surface area contributed by atoms with Crippen molar-refractivity contribution in [3.8, 4) is 5.75 Å². The Kier molecular flexibility index (Phi) is 6.05. The summed E-state index contributed by atoms with van der Waals surface area (Å²) in [6, 6.07) is 16.8. The number of amides is 2. The minimum absolute atomic E-state index is 0.0166. The van der Waals surface area contributed by atoms with Crippen molar-refractivity contribution in [1.82, 2.24) is 15.8 Å². The fraction of sp³-hybridized carbons (Fsp3) is 0.300. The average molecular weight is 368 g/mol. The summed E-state index contributed by atoms with van der Waals surface area (Å²) in [6.45, 7) is -0.0166. The van der Waals surface area contributed by atoms with E-state index in [0.29, 0.717) is 17.9 Å². The number of hydrogen-bond acceptors (Lipinski definition) is 5. The Bertz CT molecular complexity index is 778. The molecule has 0 bridgehead atoms. The highest BCUT2D eigenvalue weighted by Gasteiger charge is 2.30. The molecule has 2 aromatic carbocycles. The lowest BCUT2D eigenvalue weighted by Crippen LogP contribution is -2.39. The van der Waals surface area contributed by atoms with E-state index in [-0.39, 0.29) is 30.5 Å². The third kappa shape index (κ3) is 5.06. The van der Waals surface area contributed by atoms with Crippen LogP contribution >= 0.6 is 0 Å². The van der Waals surface area contributed by atoms with Gasteiger partial charge in [-0.05, 0) is 36.2 Å². The second kappa shape index (κ2) is 8.66. The highest BCUT2D eigenvalue weighted by Crippen LogP contribution is 2.23. The van der Waals surface area contributed by atoms with Crippen molar-refractivity contribution in [2.75, 3.05) is 26.0 Å². The van der Waals surface area contributed by atoms with Crippen LogP contribution in [-0.4, -0.2) is 43.5 Å². The van der Waals surface area contributed by atoms with Gasteiger partial charge in [-0.1, -0.05) is 30.3 Å². The third-order valence-electron chi connectivity index (χ3n) is 4.40. The van der Waals surface area contributed by atoms with Gasteiger partial charge in [0.05, 0.1) is 0 Å². The van der Waals surface area contributed by atoms with Gasteiger partial charge in [-0.25, -0.2) is 10.9 Å². The van der Waals surface area contributed by atoms with Gasteiger partial charge in [0.2, 0.25) is 5.91 Å². The van der Waals surface area contributed by atoms with E-state index in [9.17, 15) is 9.59 Å². The molecule has 0 radical (unpaired) electrons. The summed E-state index contributed by atoms with van der Waals surface area (Å²) in [5.74, 6) is 0.366. The molecule has 2 amide bonds. The minimum Gasteiger partial charge on any atom is -0.484 e. The van der Waals surface area contributed by atoms with Crippen LogP contribution in [0.15, 0.2) is 54.6 Å². The molecular weight excluding hydrogens is 344 g/mol. The summed E-state index contributed by atoms with van der Waals surface area (Å²) in [4.78, 5) is 25.5. The van der Waals surface area contributed by atoms with Crippen molar-refractivity contribution in [3.05, 3.63) is 60.2 Å². The van der Waals surface area contributed by atoms with Crippen molar-refractivity contribution in [1.29, 1.82) is 0 Å². The molecule has 0 saturated carbocycles. The predicted octanol–water partition coefficient (Wildman–Crippen LogP) is 1.70. The van der Waals surface area contributed by atoms with Crippen LogP contribution < -0.4 is 20.9 Å². The highest BCUT2D eigenvalue weighted by molar-refractivity contribution is 5.95. The van der Waals surface area contributed by atoms with Gasteiger partial charge in [-0.2, -0.15) is 0 Å². The van der Waals surface area contributed by atoms with Crippen molar-refractivity contribution in [2.45, 2.75) is 18.5 Å². The van der Waals surface area contributed by atoms with Crippen molar-refractivity contribution >= 4 is 17.5 Å². The summed E-state index contributed by atoms with van der Waals surface area (Å²) < 4.78 is 5.43. The van der Waals surface area contributed by atoms with E-state index in [1.807, 2.05) is 30.3 Å². The molecule has 3 N–H and O–H groups in total. The highest BCUT2D eigenvalue weighted by atomic mass is 16.5. The third-order valence-corrected chi connectivity index (χ3v) is 4.40. The molecular formula is C20H24N4O3. The summed E-state index contributed by atoms with van der Waals surface area (Å²) in [7, 11) is 3.36. The topological polar surface area (TPSA) is 82.7 Å². The second-order valence-corrected chi connectivity index (χ2v) is 6.63. The number of rotatable bonds is 6. The lowest BCUT2D eigenvalue weighted by molar-refractivity contribution is -0.130. The van der Waals surface area contributed by atoms with Gasteiger partial charge in [-0.3, -0.25) is 9.59 Å². The van der Waals surface area contributed by atoms with Crippen LogP contribution in [0.5, 0.6) is 5.75 Å². The van der Waals surface area contributed by atoms with Crippen LogP contribution in [0.3, 0.4) is 0 Å². The molecule has 3 rings (SSSR count). The first-order valence-electron chi connectivity index (χ1n) is 8.83. The smallest absolute Gasteiger partial charge is 0.259 e. The van der Waals surface area contributed by atoms with Gasteiger partial charge in [0.15, 0.2) is 6.61 Å². The van der Waals surface area contributed by atoms with Crippen molar-refractivity contribution in [3.63, 3.8) is 0 Å². The van der Waals surface area contributed by atoms with Crippen LogP contribution in [0.4, 0.5) is 5.69 Å². The van der Waals surface area contributed by atoms with Crippen molar-refractivity contribution < 1.29 is 14.3 Å². The average Bonchev–Trinajstić information content (AvgIpc) is 3.18. The molecule has 2 unspecified atom stereocenters. The fourth-order valence-electron chi connectivity index (χ4n) is 2.77. The Labute approximate surface area is 158 Å². The number of benzene rings is 2. The van der Waals surface area contributed by atoms with E-state index < -0.39 is 0 Å². The fourth-order valence-corrected chi connectivity index (χ4v) is 2.77. The molecule has 7 nitrogen and oxygen atoms in total. The van der Waals surface area contributed by atoms with Crippen molar-refractivity contribution in [2.24, 2.45) is 0 Å². The SMILES string of the molecule is CN(C)C(=O)COc1ccc(NC(=O)C2CC(c3ccccc3)NN2)cc1. The molecule has 2 aromatic rings. The normalized spacial score (nSPS) is 18.7. The first-order valence-corrected chi connectivity index (χ1v) is 8.83. The maximum absolute atomic E-state index is 12.5. The number of carbonyl (C=O) groups excluding carboxylic acids is 2. The van der Waals surface area contributed by atoms with Gasteiger partial charge in [-0.15, -0.1) is 0 Å². The number of anilines is 1. The summed E-state index contributed by atoms with van der Waals surface area (Å²) in [5, 5.41) is 2.89. The van der Waals surface area contributed by atoms with E-state index >= 15 is 0 Å². The predicted molar refractivity (Wildman–Crippen MR) is 103 cm³/mol. The standard InChI is InChI=1S/C20H24N4O3/c1-24(2)19(25)13-27-16-10-8-15(9-11-16)21-20(26)18-12-17(22-23-18)14-6-4-3-5-7-14/h3-11,17-18,22-23H,12-13H2,1-2H3,(H,21,26). The number of ether oxygens (including phenoxy) is 1. The van der Waals surface area contributed by atoms with E-state index in [0.717, 1.165) is 5.56 Å². The molecule has 2 atom stereocenters. The van der Waals surface area contributed by atoms with E-state index in [1.54, 1.807) is 38.4 Å². The largest absolute Gasteiger partial charge is 0.484 e. The Morgan fingerprint density at radius 1 is 1.07 bits per heavy atom. The Hall–Kier alpha value is -2.90. The molecule has 1 heterocycles. The molecule has 1 aliphatic heterocycles. The van der Waals surface area contributed by atoms with Crippen LogP contribution in [0.1, 0.15) is 18.0 Å². The van der Waals surface area contributed by atoms with Crippen LogP contribution in [0, 0.1) is 0 Å². The lowest BCUT2D eigenvalue weighted by atomic mass is 10.0. The van der Waals surface area contributed by atoms with E-state index in [4.69, 9.17) is 4.74 Å². The summed E-state index contributed by atoms with van der Waals surface area (Å²) >= 11 is 0. The van der Waals surface area contributed by atoms with Gasteiger partial charge in [0, 0.05) is 25.8 Å². The number of nitrogens with zero attached hydrogens (tertiary/aromatic N) is 1. The Morgan fingerprint density at radius 2 is 1.78 bits per heavy atom. The molecule has 0 aromatic heterocycles. The molecule has 7 heteroatoms. The van der Waals surface area contributed by atoms with E-state index in [1.165, 1.54) is 4.90 Å². The lowest BCUT2D eigenvalue weighted by Gasteiger charge is -2.13. The molecule has 0 spiro atoms. The minimum atomic E-state index is -0.316. The van der Waals surface area contributed by atoms with Crippen LogP contribution in [0.25, 0.3) is 0 Å². The number of nitrogens with one attached hydrogen (secondary N) is 3. The molecule has 1 fully saturated rings. The summed E-state index contributed by atoms with van der Waals surface area (Å²) in [5.41, 5.74) is 8.04. The summed E-state index contributed by atoms with van der Waals surface area (Å²) in [6.07, 6.45) is 0.670. The number of hydrogen-bond donors (Lipinski definition) is 3. The molecule has 27 heavy (non-hydrogen) atoms. The van der Waals surface area contributed by atoms with Gasteiger partial charge >= 0.3 is 0 Å². The quantitative estimate of drug-likeness (QED) is 0.723. The molecule has 1 saturated heterocycles. The molecule has 1 aliphatic rings. The van der Waals surface area contributed by atoms with Crippen LogP contribution in [-0.2, 0) is 9.59 Å². The second-order valence-electron chi connectivity index (χ2n) is 6.63. The zero-order chi connectivity index (χ0) is 19.2. The number of carbonyl (C=O) groups is 2. The Balaban J connectivity index is 1.50. The zero-order valence-electron chi connectivity index (χ0n) is 15.4. The molecule has 0 aliphatic carbocycles. The van der Waals surface area contributed by atoms with Gasteiger partial charge in [0.25, 0.3) is 5.91 Å². The number of hydrazine groups is 1. The maximum Gasteiger partial charge on any atom is 0.259 e. The number of likely N-dealkylation sites (N-methyl/N-ethyl adjacent to an activating group) is 1. The maximum atomic E-state index is 12.5. The molecule has 142 valence electrons. The van der Waals surface area contributed by atoms with Gasteiger partial charge < -0.3 is 15.0 Å². The first kappa shape index (κ1) is 18.9. The van der Waals surface area contributed by atoms with Crippen LogP contribution in [0.2, 0.25) is 0 Å². The van der Waals surface area contributed by atoms with E-state index in [2.05, 4.69) is 16.2 Å².